The first-order chi connectivity index (χ1) is 6.70. The molecule has 2 rings (SSSR count). The lowest BCUT2D eigenvalue weighted by molar-refractivity contribution is -0.118. The Hall–Kier alpha value is -1.58. The Morgan fingerprint density at radius 3 is 3.21 bits per heavy atom. The Morgan fingerprint density at radius 1 is 1.71 bits per heavy atom. The van der Waals surface area contributed by atoms with Gasteiger partial charge in [0, 0.05) is 19.8 Å². The van der Waals surface area contributed by atoms with Crippen molar-refractivity contribution in [3.05, 3.63) is 18.3 Å². The van der Waals surface area contributed by atoms with Crippen molar-refractivity contribution >= 4 is 17.3 Å². The molecule has 0 aliphatic carbocycles. The first-order valence-electron chi connectivity index (χ1n) is 4.62. The van der Waals surface area contributed by atoms with Crippen LogP contribution < -0.4 is 10.2 Å². The second-order valence-electron chi connectivity index (χ2n) is 3.49. The molecule has 2 heterocycles. The Kier molecular flexibility index (Phi) is 2.11. The van der Waals surface area contributed by atoms with Crippen LogP contribution in [0.5, 0.6) is 0 Å². The minimum atomic E-state index is -0.0771. The van der Waals surface area contributed by atoms with Crippen LogP contribution in [0, 0.1) is 0 Å². The number of anilines is 2. The van der Waals surface area contributed by atoms with E-state index in [1.807, 2.05) is 24.1 Å². The van der Waals surface area contributed by atoms with Crippen molar-refractivity contribution in [2.24, 2.45) is 0 Å². The maximum Gasteiger partial charge on any atom is 0.153 e. The van der Waals surface area contributed by atoms with E-state index in [0.29, 0.717) is 6.54 Å². The van der Waals surface area contributed by atoms with Crippen LogP contribution in [0.25, 0.3) is 0 Å². The standard InChI is InChI=1S/C10H13N3O/c1-7(14)9-6-12-10-8(13(9)2)4-3-5-11-10/h3-5,9H,6H2,1-2H3,(H,11,12). The van der Waals surface area contributed by atoms with E-state index >= 15 is 0 Å². The molecular weight excluding hydrogens is 178 g/mol. The highest BCUT2D eigenvalue weighted by Crippen LogP contribution is 2.27. The molecule has 1 aromatic rings. The third-order valence-electron chi connectivity index (χ3n) is 2.57. The summed E-state index contributed by atoms with van der Waals surface area (Å²) >= 11 is 0. The van der Waals surface area contributed by atoms with Gasteiger partial charge in [-0.2, -0.15) is 0 Å². The second kappa shape index (κ2) is 3.29. The van der Waals surface area contributed by atoms with Crippen molar-refractivity contribution in [2.75, 3.05) is 23.8 Å². The molecule has 14 heavy (non-hydrogen) atoms. The molecule has 1 aromatic heterocycles. The van der Waals surface area contributed by atoms with Gasteiger partial charge in [0.1, 0.15) is 11.9 Å². The molecular formula is C10H13N3O. The van der Waals surface area contributed by atoms with Gasteiger partial charge < -0.3 is 10.2 Å². The van der Waals surface area contributed by atoms with Crippen LogP contribution in [-0.4, -0.2) is 30.4 Å². The lowest BCUT2D eigenvalue weighted by atomic mass is 10.1. The van der Waals surface area contributed by atoms with Crippen molar-refractivity contribution in [1.82, 2.24) is 4.98 Å². The Balaban J connectivity index is 2.36. The minimum absolute atomic E-state index is 0.0771. The minimum Gasteiger partial charge on any atom is -0.366 e. The summed E-state index contributed by atoms with van der Waals surface area (Å²) in [5, 5.41) is 3.15. The summed E-state index contributed by atoms with van der Waals surface area (Å²) in [5.41, 5.74) is 0.985. The molecule has 0 radical (unpaired) electrons. The molecule has 0 fully saturated rings. The van der Waals surface area contributed by atoms with Crippen molar-refractivity contribution in [3.63, 3.8) is 0 Å². The summed E-state index contributed by atoms with van der Waals surface area (Å²) in [6, 6.07) is 3.76. The average Bonchev–Trinajstić information content (AvgIpc) is 2.18. The van der Waals surface area contributed by atoms with E-state index in [1.165, 1.54) is 0 Å². The quantitative estimate of drug-likeness (QED) is 0.716. The number of hydrogen-bond donors (Lipinski definition) is 1. The van der Waals surface area contributed by atoms with Crippen LogP contribution in [-0.2, 0) is 4.79 Å². The SMILES string of the molecule is CC(=O)C1CNc2ncccc2N1C. The lowest BCUT2D eigenvalue weighted by Crippen LogP contribution is -2.46. The van der Waals surface area contributed by atoms with Gasteiger partial charge in [0.2, 0.25) is 0 Å². The summed E-state index contributed by atoms with van der Waals surface area (Å²) < 4.78 is 0. The van der Waals surface area contributed by atoms with Gasteiger partial charge in [0.25, 0.3) is 0 Å². The zero-order chi connectivity index (χ0) is 10.1. The topological polar surface area (TPSA) is 45.2 Å². The molecule has 0 spiro atoms. The predicted octanol–water partition coefficient (Wildman–Crippen LogP) is 0.901. The number of pyridine rings is 1. The average molecular weight is 191 g/mol. The molecule has 1 unspecified atom stereocenters. The van der Waals surface area contributed by atoms with Crippen molar-refractivity contribution in [1.29, 1.82) is 0 Å². The van der Waals surface area contributed by atoms with Gasteiger partial charge in [-0.1, -0.05) is 0 Å². The van der Waals surface area contributed by atoms with Crippen LogP contribution in [0.4, 0.5) is 11.5 Å². The van der Waals surface area contributed by atoms with Crippen LogP contribution in [0.1, 0.15) is 6.92 Å². The zero-order valence-electron chi connectivity index (χ0n) is 8.32. The van der Waals surface area contributed by atoms with E-state index in [-0.39, 0.29) is 11.8 Å². The number of carbonyl (C=O) groups excluding carboxylic acids is 1. The van der Waals surface area contributed by atoms with Gasteiger partial charge in [0.15, 0.2) is 5.78 Å². The highest BCUT2D eigenvalue weighted by atomic mass is 16.1. The Bertz CT molecular complexity index is 364. The molecule has 0 saturated carbocycles. The highest BCUT2D eigenvalue weighted by molar-refractivity contribution is 5.88. The molecule has 1 atom stereocenters. The summed E-state index contributed by atoms with van der Waals surface area (Å²) in [4.78, 5) is 17.5. The van der Waals surface area contributed by atoms with Crippen molar-refractivity contribution in [3.8, 4) is 0 Å². The fraction of sp³-hybridized carbons (Fsp3) is 0.400. The zero-order valence-corrected chi connectivity index (χ0v) is 8.32. The number of aromatic nitrogens is 1. The number of nitrogens with one attached hydrogen (secondary N) is 1. The van der Waals surface area contributed by atoms with Crippen LogP contribution >= 0.6 is 0 Å². The number of nitrogens with zero attached hydrogens (tertiary/aromatic N) is 2. The van der Waals surface area contributed by atoms with E-state index < -0.39 is 0 Å². The van der Waals surface area contributed by atoms with Gasteiger partial charge in [-0.25, -0.2) is 4.98 Å². The largest absolute Gasteiger partial charge is 0.366 e. The summed E-state index contributed by atoms with van der Waals surface area (Å²) in [6.07, 6.45) is 1.74. The van der Waals surface area contributed by atoms with E-state index in [2.05, 4.69) is 10.3 Å². The molecule has 0 amide bonds. The molecule has 1 N–H and O–H groups in total. The lowest BCUT2D eigenvalue weighted by Gasteiger charge is -2.34. The number of Topliss-reactive ketones (excluding diaryl/α,β-unsaturated/α-hetero) is 1. The van der Waals surface area contributed by atoms with Crippen molar-refractivity contribution in [2.45, 2.75) is 13.0 Å². The first-order valence-corrected chi connectivity index (χ1v) is 4.62. The second-order valence-corrected chi connectivity index (χ2v) is 3.49. The van der Waals surface area contributed by atoms with Gasteiger partial charge in [-0.3, -0.25) is 4.79 Å². The molecule has 1 aliphatic rings. The molecule has 4 heteroatoms. The van der Waals surface area contributed by atoms with Crippen LogP contribution in [0.3, 0.4) is 0 Å². The highest BCUT2D eigenvalue weighted by Gasteiger charge is 2.26. The molecule has 0 saturated heterocycles. The maximum absolute atomic E-state index is 11.3. The number of likely N-dealkylation sites (N-methyl/N-ethyl adjacent to an activating group) is 1. The van der Waals surface area contributed by atoms with Crippen LogP contribution in [0.15, 0.2) is 18.3 Å². The van der Waals surface area contributed by atoms with E-state index in [0.717, 1.165) is 11.5 Å². The fourth-order valence-electron chi connectivity index (χ4n) is 1.73. The van der Waals surface area contributed by atoms with E-state index in [4.69, 9.17) is 0 Å². The normalized spacial score (nSPS) is 19.9. The molecule has 1 aliphatic heterocycles. The van der Waals surface area contributed by atoms with E-state index in [9.17, 15) is 4.79 Å². The first kappa shape index (κ1) is 8.99. The van der Waals surface area contributed by atoms with Gasteiger partial charge in [-0.15, -0.1) is 0 Å². The maximum atomic E-state index is 11.3. The van der Waals surface area contributed by atoms with Crippen LogP contribution in [0.2, 0.25) is 0 Å². The smallest absolute Gasteiger partial charge is 0.153 e. The number of hydrogen-bond acceptors (Lipinski definition) is 4. The van der Waals surface area contributed by atoms with Gasteiger partial charge in [-0.05, 0) is 19.1 Å². The number of rotatable bonds is 1. The fourth-order valence-corrected chi connectivity index (χ4v) is 1.73. The molecule has 4 nitrogen and oxygen atoms in total. The van der Waals surface area contributed by atoms with Gasteiger partial charge >= 0.3 is 0 Å². The summed E-state index contributed by atoms with van der Waals surface area (Å²) in [7, 11) is 1.92. The summed E-state index contributed by atoms with van der Waals surface area (Å²) in [5.74, 6) is 1.03. The monoisotopic (exact) mass is 191 g/mol. The summed E-state index contributed by atoms with van der Waals surface area (Å²) in [6.45, 7) is 2.25. The number of carbonyl (C=O) groups is 1. The number of fused-ring (bicyclic) bond motifs is 1. The molecule has 0 bridgehead atoms. The Labute approximate surface area is 82.9 Å². The molecule has 74 valence electrons. The molecule has 0 aromatic carbocycles. The number of ketones is 1. The van der Waals surface area contributed by atoms with E-state index in [1.54, 1.807) is 13.1 Å². The third kappa shape index (κ3) is 1.32. The van der Waals surface area contributed by atoms with Gasteiger partial charge in [0.05, 0.1) is 5.69 Å². The van der Waals surface area contributed by atoms with Crippen molar-refractivity contribution < 1.29 is 4.79 Å². The third-order valence-corrected chi connectivity index (χ3v) is 2.57. The predicted molar refractivity (Wildman–Crippen MR) is 55.6 cm³/mol. The Morgan fingerprint density at radius 2 is 2.50 bits per heavy atom.